The lowest BCUT2D eigenvalue weighted by atomic mass is 10.1. The van der Waals surface area contributed by atoms with Gasteiger partial charge < -0.3 is 15.0 Å². The van der Waals surface area contributed by atoms with Gasteiger partial charge in [0, 0.05) is 25.2 Å². The third-order valence-corrected chi connectivity index (χ3v) is 3.57. The number of nitro groups is 1. The van der Waals surface area contributed by atoms with E-state index in [0.29, 0.717) is 18.3 Å². The Bertz CT molecular complexity index is 521. The highest BCUT2D eigenvalue weighted by molar-refractivity contribution is 5.78. The Labute approximate surface area is 123 Å². The Morgan fingerprint density at radius 2 is 2.38 bits per heavy atom. The molecule has 7 nitrogen and oxygen atoms in total. The van der Waals surface area contributed by atoms with Crippen molar-refractivity contribution in [3.63, 3.8) is 0 Å². The van der Waals surface area contributed by atoms with Crippen molar-refractivity contribution < 1.29 is 14.5 Å². The Hall–Kier alpha value is -2.15. The number of amides is 1. The molecule has 1 atom stereocenters. The normalized spacial score (nSPS) is 18.3. The molecule has 1 aromatic rings. The van der Waals surface area contributed by atoms with Gasteiger partial charge in [0.1, 0.15) is 5.75 Å². The number of ether oxygens (including phenoxy) is 1. The molecule has 2 rings (SSSR count). The highest BCUT2D eigenvalue weighted by Crippen LogP contribution is 2.19. The van der Waals surface area contributed by atoms with Gasteiger partial charge in [-0.2, -0.15) is 0 Å². The first kappa shape index (κ1) is 15.2. The predicted molar refractivity (Wildman–Crippen MR) is 77.3 cm³/mol. The van der Waals surface area contributed by atoms with Crippen molar-refractivity contribution in [3.05, 3.63) is 34.4 Å². The predicted octanol–water partition coefficient (Wildman–Crippen LogP) is 1.18. The van der Waals surface area contributed by atoms with Gasteiger partial charge in [0.2, 0.25) is 0 Å². The van der Waals surface area contributed by atoms with E-state index < -0.39 is 4.92 Å². The van der Waals surface area contributed by atoms with Crippen LogP contribution in [-0.2, 0) is 4.79 Å². The summed E-state index contributed by atoms with van der Waals surface area (Å²) >= 11 is 0. The van der Waals surface area contributed by atoms with E-state index in [-0.39, 0.29) is 18.2 Å². The fourth-order valence-corrected chi connectivity index (χ4v) is 2.36. The monoisotopic (exact) mass is 293 g/mol. The summed E-state index contributed by atoms with van der Waals surface area (Å²) in [6.45, 7) is 1.31. The lowest BCUT2D eigenvalue weighted by Crippen LogP contribution is -2.48. The second-order valence-electron chi connectivity index (χ2n) is 5.01. The number of likely N-dealkylation sites (tertiary alicyclic amines) is 1. The maximum absolute atomic E-state index is 12.1. The maximum atomic E-state index is 12.1. The molecule has 0 bridgehead atoms. The van der Waals surface area contributed by atoms with E-state index in [0.717, 1.165) is 19.4 Å². The van der Waals surface area contributed by atoms with Crippen LogP contribution in [0.25, 0.3) is 0 Å². The van der Waals surface area contributed by atoms with Gasteiger partial charge in [0.25, 0.3) is 11.6 Å². The van der Waals surface area contributed by atoms with Gasteiger partial charge in [-0.05, 0) is 26.0 Å². The summed E-state index contributed by atoms with van der Waals surface area (Å²) in [5, 5.41) is 13.8. The number of hydrogen-bond donors (Lipinski definition) is 1. The summed E-state index contributed by atoms with van der Waals surface area (Å²) in [5.41, 5.74) is -0.0480. The molecule has 7 heteroatoms. The standard InChI is InChI=1S/C14H19N3O4/c1-15-11-4-3-7-16(9-11)14(18)10-21-13-6-2-5-12(8-13)17(19)20/h2,5-6,8,11,15H,3-4,7,9-10H2,1H3. The van der Waals surface area contributed by atoms with Crippen LogP contribution in [0.3, 0.4) is 0 Å². The number of hydrogen-bond acceptors (Lipinski definition) is 5. The number of carbonyl (C=O) groups excluding carboxylic acids is 1. The molecular formula is C14H19N3O4. The largest absolute Gasteiger partial charge is 0.484 e. The van der Waals surface area contributed by atoms with Gasteiger partial charge in [0.05, 0.1) is 11.0 Å². The molecular weight excluding hydrogens is 274 g/mol. The molecule has 21 heavy (non-hydrogen) atoms. The molecule has 1 N–H and O–H groups in total. The second kappa shape index (κ2) is 7.03. The highest BCUT2D eigenvalue weighted by Gasteiger charge is 2.22. The number of nitro benzene ring substituents is 1. The van der Waals surface area contributed by atoms with Gasteiger partial charge in [-0.25, -0.2) is 0 Å². The number of nitrogens with one attached hydrogen (secondary N) is 1. The first-order chi connectivity index (χ1) is 10.1. The number of nitrogens with zero attached hydrogens (tertiary/aromatic N) is 2. The van der Waals surface area contributed by atoms with Crippen LogP contribution in [0.1, 0.15) is 12.8 Å². The zero-order valence-corrected chi connectivity index (χ0v) is 11.9. The summed E-state index contributed by atoms with van der Waals surface area (Å²) in [7, 11) is 1.89. The first-order valence-corrected chi connectivity index (χ1v) is 6.92. The van der Waals surface area contributed by atoms with Crippen molar-refractivity contribution in [2.45, 2.75) is 18.9 Å². The molecule has 0 spiro atoms. The summed E-state index contributed by atoms with van der Waals surface area (Å²) in [6.07, 6.45) is 2.03. The number of benzene rings is 1. The minimum Gasteiger partial charge on any atom is -0.484 e. The molecule has 0 aliphatic carbocycles. The van der Waals surface area contributed by atoms with Gasteiger partial charge in [-0.1, -0.05) is 6.07 Å². The lowest BCUT2D eigenvalue weighted by molar-refractivity contribution is -0.384. The van der Waals surface area contributed by atoms with Gasteiger partial charge in [-0.3, -0.25) is 14.9 Å². The molecule has 1 heterocycles. The summed E-state index contributed by atoms with van der Waals surface area (Å²) in [4.78, 5) is 24.0. The fourth-order valence-electron chi connectivity index (χ4n) is 2.36. The highest BCUT2D eigenvalue weighted by atomic mass is 16.6. The molecule has 1 fully saturated rings. The van der Waals surface area contributed by atoms with E-state index in [4.69, 9.17) is 4.74 Å². The van der Waals surface area contributed by atoms with E-state index in [1.54, 1.807) is 11.0 Å². The van der Waals surface area contributed by atoms with E-state index in [2.05, 4.69) is 5.32 Å². The van der Waals surface area contributed by atoms with E-state index in [1.165, 1.54) is 18.2 Å². The Morgan fingerprint density at radius 1 is 1.57 bits per heavy atom. The van der Waals surface area contributed by atoms with Crippen LogP contribution in [0.15, 0.2) is 24.3 Å². The van der Waals surface area contributed by atoms with Crippen LogP contribution in [0.5, 0.6) is 5.75 Å². The molecule has 1 aromatic carbocycles. The minimum atomic E-state index is -0.489. The summed E-state index contributed by atoms with van der Waals surface area (Å²) in [5.74, 6) is 0.237. The number of likely N-dealkylation sites (N-methyl/N-ethyl adjacent to an activating group) is 1. The van der Waals surface area contributed by atoms with E-state index in [9.17, 15) is 14.9 Å². The first-order valence-electron chi connectivity index (χ1n) is 6.92. The quantitative estimate of drug-likeness (QED) is 0.651. The third kappa shape index (κ3) is 4.16. The van der Waals surface area contributed by atoms with Crippen molar-refractivity contribution in [1.82, 2.24) is 10.2 Å². The zero-order valence-electron chi connectivity index (χ0n) is 11.9. The zero-order chi connectivity index (χ0) is 15.2. The SMILES string of the molecule is CNC1CCCN(C(=O)COc2cccc([N+](=O)[O-])c2)C1. The number of piperidine rings is 1. The van der Waals surface area contributed by atoms with Gasteiger partial charge in [0.15, 0.2) is 6.61 Å². The van der Waals surface area contributed by atoms with Crippen LogP contribution >= 0.6 is 0 Å². The van der Waals surface area contributed by atoms with E-state index >= 15 is 0 Å². The Morgan fingerprint density at radius 3 is 3.10 bits per heavy atom. The molecule has 1 amide bonds. The molecule has 0 radical (unpaired) electrons. The van der Waals surface area contributed by atoms with Crippen molar-refractivity contribution in [3.8, 4) is 5.75 Å². The number of carbonyl (C=O) groups is 1. The summed E-state index contributed by atoms with van der Waals surface area (Å²) in [6, 6.07) is 6.17. The Balaban J connectivity index is 1.89. The van der Waals surface area contributed by atoms with Crippen LogP contribution in [0.2, 0.25) is 0 Å². The third-order valence-electron chi connectivity index (χ3n) is 3.57. The molecule has 0 saturated carbocycles. The van der Waals surface area contributed by atoms with Gasteiger partial charge in [-0.15, -0.1) is 0 Å². The fraction of sp³-hybridized carbons (Fsp3) is 0.500. The molecule has 1 unspecified atom stereocenters. The minimum absolute atomic E-state index is 0.0480. The molecule has 1 aliphatic rings. The van der Waals surface area contributed by atoms with Crippen molar-refractivity contribution in [2.75, 3.05) is 26.7 Å². The lowest BCUT2D eigenvalue weighted by Gasteiger charge is -2.32. The number of non-ortho nitro benzene ring substituents is 1. The van der Waals surface area contributed by atoms with Crippen molar-refractivity contribution in [2.24, 2.45) is 0 Å². The number of rotatable bonds is 5. The summed E-state index contributed by atoms with van der Waals surface area (Å²) < 4.78 is 5.36. The van der Waals surface area contributed by atoms with Crippen molar-refractivity contribution in [1.29, 1.82) is 0 Å². The average molecular weight is 293 g/mol. The van der Waals surface area contributed by atoms with Crippen LogP contribution in [0, 0.1) is 10.1 Å². The van der Waals surface area contributed by atoms with Crippen molar-refractivity contribution >= 4 is 11.6 Å². The molecule has 1 saturated heterocycles. The second-order valence-corrected chi connectivity index (χ2v) is 5.01. The van der Waals surface area contributed by atoms with Crippen LogP contribution < -0.4 is 10.1 Å². The molecule has 0 aromatic heterocycles. The molecule has 114 valence electrons. The maximum Gasteiger partial charge on any atom is 0.273 e. The van der Waals surface area contributed by atoms with Crippen LogP contribution in [-0.4, -0.2) is 48.5 Å². The van der Waals surface area contributed by atoms with E-state index in [1.807, 2.05) is 7.05 Å². The van der Waals surface area contributed by atoms with Crippen LogP contribution in [0.4, 0.5) is 5.69 Å². The average Bonchev–Trinajstić information content (AvgIpc) is 2.53. The van der Waals surface area contributed by atoms with Gasteiger partial charge >= 0.3 is 0 Å². The Kier molecular flexibility index (Phi) is 5.10. The topological polar surface area (TPSA) is 84.7 Å². The smallest absolute Gasteiger partial charge is 0.273 e. The molecule has 1 aliphatic heterocycles.